The number of hydrazone groups is 1. The van der Waals surface area contributed by atoms with Crippen LogP contribution in [0.2, 0.25) is 0 Å². The lowest BCUT2D eigenvalue weighted by Crippen LogP contribution is -2.19. The molecular weight excluding hydrogens is 401 g/mol. The standard InChI is InChI=1S/C23H16FN3O4/c24-21-11-16(12-25)6-9-20(21)22(28)27-26-13-15-4-7-19(8-5-15)31-14-17-2-1-3-18(10-17)23(29)30/h1-11,13H,14H2,(H,27,28)(H,29,30). The summed E-state index contributed by atoms with van der Waals surface area (Å²) in [6.45, 7) is 0.209. The second-order valence-electron chi connectivity index (χ2n) is 6.37. The number of ether oxygens (including phenoxy) is 1. The van der Waals surface area contributed by atoms with Crippen molar-refractivity contribution in [1.29, 1.82) is 5.26 Å². The average Bonchev–Trinajstić information content (AvgIpc) is 2.78. The molecule has 0 aliphatic carbocycles. The molecule has 1 amide bonds. The highest BCUT2D eigenvalue weighted by molar-refractivity contribution is 5.95. The highest BCUT2D eigenvalue weighted by atomic mass is 19.1. The van der Waals surface area contributed by atoms with Gasteiger partial charge in [-0.15, -0.1) is 0 Å². The highest BCUT2D eigenvalue weighted by Gasteiger charge is 2.11. The van der Waals surface area contributed by atoms with Crippen LogP contribution in [0.1, 0.15) is 37.4 Å². The van der Waals surface area contributed by atoms with Gasteiger partial charge in [-0.3, -0.25) is 4.79 Å². The van der Waals surface area contributed by atoms with E-state index in [1.54, 1.807) is 48.5 Å². The number of carbonyl (C=O) groups is 2. The lowest BCUT2D eigenvalue weighted by molar-refractivity contribution is 0.0696. The Kier molecular flexibility index (Phi) is 6.71. The fourth-order valence-corrected chi connectivity index (χ4v) is 2.61. The summed E-state index contributed by atoms with van der Waals surface area (Å²) in [4.78, 5) is 23.0. The third-order valence-electron chi connectivity index (χ3n) is 4.18. The second-order valence-corrected chi connectivity index (χ2v) is 6.37. The van der Waals surface area contributed by atoms with Crippen molar-refractivity contribution in [3.8, 4) is 11.8 Å². The first-order valence-electron chi connectivity index (χ1n) is 9.04. The van der Waals surface area contributed by atoms with E-state index in [4.69, 9.17) is 15.1 Å². The molecule has 0 heterocycles. The molecule has 0 aliphatic heterocycles. The first kappa shape index (κ1) is 21.2. The van der Waals surface area contributed by atoms with Crippen molar-refractivity contribution >= 4 is 18.1 Å². The van der Waals surface area contributed by atoms with E-state index in [2.05, 4.69) is 10.5 Å². The number of amides is 1. The summed E-state index contributed by atoms with van der Waals surface area (Å²) in [5.74, 6) is -1.97. The Morgan fingerprint density at radius 3 is 2.58 bits per heavy atom. The molecule has 154 valence electrons. The van der Waals surface area contributed by atoms with Gasteiger partial charge in [-0.1, -0.05) is 12.1 Å². The van der Waals surface area contributed by atoms with Crippen LogP contribution in [0.25, 0.3) is 0 Å². The predicted octanol–water partition coefficient (Wildman–Crippen LogP) is 3.74. The van der Waals surface area contributed by atoms with E-state index in [1.165, 1.54) is 24.4 Å². The van der Waals surface area contributed by atoms with Crippen LogP contribution >= 0.6 is 0 Å². The van der Waals surface area contributed by atoms with Crippen LogP contribution in [-0.2, 0) is 6.61 Å². The van der Waals surface area contributed by atoms with E-state index in [1.807, 2.05) is 0 Å². The minimum atomic E-state index is -1.00. The Balaban J connectivity index is 1.55. The summed E-state index contributed by atoms with van der Waals surface area (Å²) < 4.78 is 19.5. The molecule has 0 bridgehead atoms. The van der Waals surface area contributed by atoms with Crippen LogP contribution in [0.3, 0.4) is 0 Å². The number of hydrogen-bond acceptors (Lipinski definition) is 5. The molecule has 0 aliphatic rings. The highest BCUT2D eigenvalue weighted by Crippen LogP contribution is 2.15. The third kappa shape index (κ3) is 5.74. The molecule has 7 nitrogen and oxygen atoms in total. The molecule has 0 unspecified atom stereocenters. The van der Waals surface area contributed by atoms with E-state index in [0.717, 1.165) is 11.6 Å². The summed E-state index contributed by atoms with van der Waals surface area (Å²) in [5, 5.41) is 21.5. The molecule has 0 spiro atoms. The lowest BCUT2D eigenvalue weighted by Gasteiger charge is -2.07. The van der Waals surface area contributed by atoms with Crippen molar-refractivity contribution < 1.29 is 23.8 Å². The third-order valence-corrected chi connectivity index (χ3v) is 4.18. The molecule has 0 aromatic heterocycles. The first-order chi connectivity index (χ1) is 15.0. The van der Waals surface area contributed by atoms with Crippen LogP contribution in [-0.4, -0.2) is 23.2 Å². The Morgan fingerprint density at radius 1 is 1.13 bits per heavy atom. The van der Waals surface area contributed by atoms with E-state index >= 15 is 0 Å². The molecule has 3 aromatic carbocycles. The smallest absolute Gasteiger partial charge is 0.335 e. The number of nitrogens with one attached hydrogen (secondary N) is 1. The van der Waals surface area contributed by atoms with Crippen LogP contribution in [0.15, 0.2) is 71.8 Å². The Morgan fingerprint density at radius 2 is 1.90 bits per heavy atom. The van der Waals surface area contributed by atoms with Crippen molar-refractivity contribution in [2.75, 3.05) is 0 Å². The summed E-state index contributed by atoms with van der Waals surface area (Å²) in [5.41, 5.74) is 3.72. The van der Waals surface area contributed by atoms with E-state index < -0.39 is 17.7 Å². The largest absolute Gasteiger partial charge is 0.489 e. The van der Waals surface area contributed by atoms with Gasteiger partial charge in [0.15, 0.2) is 0 Å². The molecule has 8 heteroatoms. The number of carboxylic acid groups (broad SMARTS) is 1. The SMILES string of the molecule is N#Cc1ccc(C(=O)NN=Cc2ccc(OCc3cccc(C(=O)O)c3)cc2)c(F)c1. The predicted molar refractivity (Wildman–Crippen MR) is 110 cm³/mol. The first-order valence-corrected chi connectivity index (χ1v) is 9.04. The average molecular weight is 417 g/mol. The molecule has 3 rings (SSSR count). The van der Waals surface area contributed by atoms with Gasteiger partial charge in [-0.25, -0.2) is 14.6 Å². The number of carboxylic acids is 1. The topological polar surface area (TPSA) is 112 Å². The molecule has 3 aromatic rings. The number of aromatic carboxylic acids is 1. The zero-order valence-corrected chi connectivity index (χ0v) is 16.1. The van der Waals surface area contributed by atoms with Gasteiger partial charge in [0.25, 0.3) is 5.91 Å². The van der Waals surface area contributed by atoms with E-state index in [-0.39, 0.29) is 23.3 Å². The van der Waals surface area contributed by atoms with Gasteiger partial charge in [0.1, 0.15) is 18.2 Å². The summed E-state index contributed by atoms with van der Waals surface area (Å²) in [6.07, 6.45) is 1.39. The number of hydrogen-bond donors (Lipinski definition) is 2. The molecule has 0 saturated heterocycles. The number of nitrogens with zero attached hydrogens (tertiary/aromatic N) is 2. The van der Waals surface area contributed by atoms with E-state index in [0.29, 0.717) is 11.3 Å². The number of rotatable bonds is 7. The van der Waals surface area contributed by atoms with Gasteiger partial charge < -0.3 is 9.84 Å². The fraction of sp³-hybridized carbons (Fsp3) is 0.0435. The van der Waals surface area contributed by atoms with Gasteiger partial charge in [0.2, 0.25) is 0 Å². The number of nitriles is 1. The molecule has 0 saturated carbocycles. The van der Waals surface area contributed by atoms with Crippen LogP contribution in [0.5, 0.6) is 5.75 Å². The Bertz CT molecular complexity index is 1180. The molecule has 0 atom stereocenters. The van der Waals surface area contributed by atoms with Crippen molar-refractivity contribution in [3.05, 3.63) is 100 Å². The van der Waals surface area contributed by atoms with Crippen molar-refractivity contribution in [1.82, 2.24) is 5.43 Å². The summed E-state index contributed by atoms with van der Waals surface area (Å²) >= 11 is 0. The van der Waals surface area contributed by atoms with Crippen LogP contribution in [0, 0.1) is 17.1 Å². The monoisotopic (exact) mass is 417 g/mol. The van der Waals surface area contributed by atoms with Crippen LogP contribution < -0.4 is 10.2 Å². The van der Waals surface area contributed by atoms with Gasteiger partial charge in [-0.2, -0.15) is 10.4 Å². The normalized spacial score (nSPS) is 10.5. The maximum absolute atomic E-state index is 13.8. The summed E-state index contributed by atoms with van der Waals surface area (Å²) in [7, 11) is 0. The number of carbonyl (C=O) groups excluding carboxylic acids is 1. The molecule has 31 heavy (non-hydrogen) atoms. The zero-order chi connectivity index (χ0) is 22.2. The Hall–Kier alpha value is -4.51. The summed E-state index contributed by atoms with van der Waals surface area (Å²) in [6, 6.07) is 18.6. The Labute approximate surface area is 177 Å². The number of benzene rings is 3. The van der Waals surface area contributed by atoms with Crippen molar-refractivity contribution in [3.63, 3.8) is 0 Å². The maximum Gasteiger partial charge on any atom is 0.335 e. The quantitative estimate of drug-likeness (QED) is 0.449. The van der Waals surface area contributed by atoms with Crippen LogP contribution in [0.4, 0.5) is 4.39 Å². The maximum atomic E-state index is 13.8. The second kappa shape index (κ2) is 9.80. The minimum Gasteiger partial charge on any atom is -0.489 e. The van der Waals surface area contributed by atoms with E-state index in [9.17, 15) is 14.0 Å². The van der Waals surface area contributed by atoms with Crippen molar-refractivity contribution in [2.45, 2.75) is 6.61 Å². The number of halogens is 1. The van der Waals surface area contributed by atoms with Gasteiger partial charge in [0.05, 0.1) is 29.0 Å². The zero-order valence-electron chi connectivity index (χ0n) is 16.1. The molecule has 0 radical (unpaired) electrons. The van der Waals surface area contributed by atoms with Crippen molar-refractivity contribution in [2.24, 2.45) is 5.10 Å². The molecule has 0 fully saturated rings. The van der Waals surface area contributed by atoms with Gasteiger partial charge in [0, 0.05) is 0 Å². The minimum absolute atomic E-state index is 0.120. The lowest BCUT2D eigenvalue weighted by atomic mass is 10.1. The molecular formula is C23H16FN3O4. The fourth-order valence-electron chi connectivity index (χ4n) is 2.61. The van der Waals surface area contributed by atoms with Gasteiger partial charge >= 0.3 is 5.97 Å². The van der Waals surface area contributed by atoms with Gasteiger partial charge in [-0.05, 0) is 65.7 Å². The molecule has 2 N–H and O–H groups in total.